The molecule has 4 nitrogen and oxygen atoms in total. The van der Waals surface area contributed by atoms with Gasteiger partial charge in [0.25, 0.3) is 0 Å². The largest absolute Gasteiger partial charge is 0.496 e. The number of H-pyrrole nitrogens is 1. The van der Waals surface area contributed by atoms with Crippen molar-refractivity contribution in [2.45, 2.75) is 34.6 Å². The zero-order valence-corrected chi connectivity index (χ0v) is 18.8. The summed E-state index contributed by atoms with van der Waals surface area (Å²) in [4.78, 5) is 7.99. The maximum atomic E-state index is 5.46. The molecular weight excluding hydrogens is 360 g/mol. The van der Waals surface area contributed by atoms with Crippen LogP contribution >= 0.6 is 0 Å². The van der Waals surface area contributed by atoms with Gasteiger partial charge in [-0.1, -0.05) is 38.6 Å². The molecule has 3 aromatic rings. The van der Waals surface area contributed by atoms with E-state index >= 15 is 0 Å². The van der Waals surface area contributed by atoms with Crippen LogP contribution in [0.5, 0.6) is 5.75 Å². The van der Waals surface area contributed by atoms with Crippen LogP contribution in [-0.2, 0) is 4.74 Å². The van der Waals surface area contributed by atoms with Gasteiger partial charge in [-0.15, -0.1) is 0 Å². The van der Waals surface area contributed by atoms with Crippen molar-refractivity contribution in [3.05, 3.63) is 66.1 Å². The number of pyridine rings is 1. The highest BCUT2D eigenvalue weighted by Crippen LogP contribution is 2.38. The summed E-state index contributed by atoms with van der Waals surface area (Å²) in [7, 11) is 3.38. The number of hydrogen-bond acceptors (Lipinski definition) is 3. The SMILES string of the molecule is C=Cc1[nH]cc(-c2cccc(OC)c2C)c1-c1cccc(C)n1.CC.CCOC. The third-order valence-corrected chi connectivity index (χ3v) is 4.34. The molecule has 0 atom stereocenters. The van der Waals surface area contributed by atoms with Gasteiger partial charge in [-0.05, 0) is 56.2 Å². The topological polar surface area (TPSA) is 47.1 Å². The molecule has 1 N–H and O–H groups in total. The number of nitrogens with zero attached hydrogens (tertiary/aromatic N) is 1. The number of rotatable bonds is 5. The summed E-state index contributed by atoms with van der Waals surface area (Å²) in [6.45, 7) is 14.8. The Kier molecular flexibility index (Phi) is 10.5. The first-order valence-electron chi connectivity index (χ1n) is 9.98. The van der Waals surface area contributed by atoms with E-state index in [1.165, 1.54) is 0 Å². The fourth-order valence-electron chi connectivity index (χ4n) is 2.90. The number of aromatic nitrogens is 2. The molecule has 0 unspecified atom stereocenters. The first kappa shape index (κ1) is 24.2. The van der Waals surface area contributed by atoms with Crippen LogP contribution in [0.3, 0.4) is 0 Å². The standard InChI is InChI=1S/C20H20N2O.C3H8O.C2H6/c1-5-17-20(18-10-6-8-13(2)22-18)16(12-21-17)15-9-7-11-19(23-4)14(15)3;1-3-4-2;1-2/h5-12,21H,1H2,2-4H3;3H2,1-2H3;1-2H3. The number of ether oxygens (including phenoxy) is 2. The highest BCUT2D eigenvalue weighted by molar-refractivity contribution is 5.89. The number of aryl methyl sites for hydroxylation is 1. The molecule has 0 saturated heterocycles. The lowest BCUT2D eigenvalue weighted by Crippen LogP contribution is -1.92. The van der Waals surface area contributed by atoms with E-state index in [9.17, 15) is 0 Å². The van der Waals surface area contributed by atoms with Crippen LogP contribution in [0.15, 0.2) is 49.2 Å². The second-order valence-electron chi connectivity index (χ2n) is 6.07. The highest BCUT2D eigenvalue weighted by Gasteiger charge is 2.17. The van der Waals surface area contributed by atoms with E-state index in [2.05, 4.69) is 34.3 Å². The number of benzene rings is 1. The molecule has 0 spiro atoms. The van der Waals surface area contributed by atoms with Crippen LogP contribution < -0.4 is 4.74 Å². The number of nitrogens with one attached hydrogen (secondary N) is 1. The fraction of sp³-hybridized carbons (Fsp3) is 0.320. The Morgan fingerprint density at radius 1 is 1.03 bits per heavy atom. The summed E-state index contributed by atoms with van der Waals surface area (Å²) < 4.78 is 10.0. The van der Waals surface area contributed by atoms with Crippen LogP contribution in [0.25, 0.3) is 28.5 Å². The molecule has 0 aliphatic heterocycles. The van der Waals surface area contributed by atoms with E-state index in [1.807, 2.05) is 70.3 Å². The summed E-state index contributed by atoms with van der Waals surface area (Å²) >= 11 is 0. The maximum Gasteiger partial charge on any atom is 0.122 e. The average molecular weight is 395 g/mol. The van der Waals surface area contributed by atoms with Gasteiger partial charge in [0, 0.05) is 42.4 Å². The van der Waals surface area contributed by atoms with Gasteiger partial charge in [0.05, 0.1) is 12.8 Å². The van der Waals surface area contributed by atoms with Crippen LogP contribution in [0.1, 0.15) is 37.7 Å². The quantitative estimate of drug-likeness (QED) is 0.524. The predicted octanol–water partition coefficient (Wildman–Crippen LogP) is 6.69. The van der Waals surface area contributed by atoms with E-state index in [0.717, 1.165) is 51.7 Å². The Hall–Kier alpha value is -2.85. The monoisotopic (exact) mass is 394 g/mol. The molecule has 2 heterocycles. The van der Waals surface area contributed by atoms with Gasteiger partial charge in [0.1, 0.15) is 5.75 Å². The lowest BCUT2D eigenvalue weighted by molar-refractivity contribution is 0.215. The number of hydrogen-bond donors (Lipinski definition) is 1. The van der Waals surface area contributed by atoms with Crippen LogP contribution in [0, 0.1) is 13.8 Å². The molecule has 0 saturated carbocycles. The normalized spacial score (nSPS) is 9.62. The molecule has 0 aliphatic rings. The van der Waals surface area contributed by atoms with Crippen molar-refractivity contribution >= 4 is 6.08 Å². The van der Waals surface area contributed by atoms with Crippen LogP contribution in [0.4, 0.5) is 0 Å². The third kappa shape index (κ3) is 6.06. The van der Waals surface area contributed by atoms with Gasteiger partial charge in [-0.2, -0.15) is 0 Å². The van der Waals surface area contributed by atoms with E-state index in [4.69, 9.17) is 4.74 Å². The average Bonchev–Trinajstić information content (AvgIpc) is 3.19. The third-order valence-electron chi connectivity index (χ3n) is 4.34. The summed E-state index contributed by atoms with van der Waals surface area (Å²) in [5, 5.41) is 0. The van der Waals surface area contributed by atoms with Crippen molar-refractivity contribution < 1.29 is 9.47 Å². The molecule has 156 valence electrons. The summed E-state index contributed by atoms with van der Waals surface area (Å²) in [6.07, 6.45) is 3.84. The van der Waals surface area contributed by atoms with Crippen LogP contribution in [-0.4, -0.2) is 30.8 Å². The Labute approximate surface area is 175 Å². The van der Waals surface area contributed by atoms with Crippen molar-refractivity contribution in [1.82, 2.24) is 9.97 Å². The summed E-state index contributed by atoms with van der Waals surface area (Å²) in [6, 6.07) is 12.1. The Morgan fingerprint density at radius 2 is 1.69 bits per heavy atom. The fourth-order valence-corrected chi connectivity index (χ4v) is 2.90. The predicted molar refractivity (Wildman–Crippen MR) is 124 cm³/mol. The maximum absolute atomic E-state index is 5.46. The Balaban J connectivity index is 0.000000627. The van der Waals surface area contributed by atoms with E-state index in [-0.39, 0.29) is 0 Å². The molecule has 0 radical (unpaired) electrons. The van der Waals surface area contributed by atoms with Gasteiger partial charge >= 0.3 is 0 Å². The van der Waals surface area contributed by atoms with Crippen molar-refractivity contribution in [1.29, 1.82) is 0 Å². The van der Waals surface area contributed by atoms with Crippen molar-refractivity contribution in [2.24, 2.45) is 0 Å². The zero-order valence-electron chi connectivity index (χ0n) is 18.8. The molecular formula is C25H34N2O2. The first-order valence-corrected chi connectivity index (χ1v) is 9.98. The summed E-state index contributed by atoms with van der Waals surface area (Å²) in [5.74, 6) is 0.881. The summed E-state index contributed by atoms with van der Waals surface area (Å²) in [5.41, 5.74) is 7.32. The van der Waals surface area contributed by atoms with Gasteiger partial charge in [-0.3, -0.25) is 4.98 Å². The van der Waals surface area contributed by atoms with E-state index < -0.39 is 0 Å². The number of aromatic amines is 1. The molecule has 0 fully saturated rings. The van der Waals surface area contributed by atoms with Crippen LogP contribution in [0.2, 0.25) is 0 Å². The Morgan fingerprint density at radius 3 is 2.24 bits per heavy atom. The van der Waals surface area contributed by atoms with Gasteiger partial charge in [-0.25, -0.2) is 0 Å². The van der Waals surface area contributed by atoms with Gasteiger partial charge in [0.2, 0.25) is 0 Å². The smallest absolute Gasteiger partial charge is 0.122 e. The van der Waals surface area contributed by atoms with Gasteiger partial charge in [0.15, 0.2) is 0 Å². The van der Waals surface area contributed by atoms with Gasteiger partial charge < -0.3 is 14.5 Å². The molecule has 1 aromatic carbocycles. The second kappa shape index (κ2) is 12.6. The molecule has 0 aliphatic carbocycles. The minimum atomic E-state index is 0.819. The lowest BCUT2D eigenvalue weighted by Gasteiger charge is -2.12. The molecule has 2 aromatic heterocycles. The van der Waals surface area contributed by atoms with Crippen molar-refractivity contribution in [2.75, 3.05) is 20.8 Å². The Bertz CT molecular complexity index is 896. The lowest BCUT2D eigenvalue weighted by atomic mass is 9.96. The second-order valence-corrected chi connectivity index (χ2v) is 6.07. The van der Waals surface area contributed by atoms with Crippen molar-refractivity contribution in [3.63, 3.8) is 0 Å². The molecule has 0 amide bonds. The number of methoxy groups -OCH3 is 2. The minimum absolute atomic E-state index is 0.819. The molecule has 3 rings (SSSR count). The van der Waals surface area contributed by atoms with E-state index in [0.29, 0.717) is 0 Å². The molecule has 29 heavy (non-hydrogen) atoms. The molecule has 4 heteroatoms. The minimum Gasteiger partial charge on any atom is -0.496 e. The highest BCUT2D eigenvalue weighted by atomic mass is 16.5. The molecule has 0 bridgehead atoms. The van der Waals surface area contributed by atoms with Crippen molar-refractivity contribution in [3.8, 4) is 28.1 Å². The zero-order chi connectivity index (χ0) is 21.8. The van der Waals surface area contributed by atoms with E-state index in [1.54, 1.807) is 14.2 Å². The first-order chi connectivity index (χ1) is 14.1.